The molecule has 3 N–H and O–H groups in total. The van der Waals surface area contributed by atoms with E-state index in [2.05, 4.69) is 9.46 Å². The van der Waals surface area contributed by atoms with Gasteiger partial charge in [-0.3, -0.25) is 0 Å². The number of hydrogen-bond acceptors (Lipinski definition) is 4. The second-order valence-corrected chi connectivity index (χ2v) is 7.00. The van der Waals surface area contributed by atoms with Crippen LogP contribution in [-0.4, -0.2) is 26.9 Å². The molecule has 0 saturated heterocycles. The van der Waals surface area contributed by atoms with Crippen molar-refractivity contribution in [2.45, 2.75) is 42.5 Å². The smallest absolute Gasteiger partial charge is 0.406 e. The van der Waals surface area contributed by atoms with Crippen molar-refractivity contribution in [3.8, 4) is 5.75 Å². The van der Waals surface area contributed by atoms with Crippen molar-refractivity contribution in [2.24, 2.45) is 5.73 Å². The molecule has 1 aliphatic rings. The normalized spacial score (nSPS) is 17.6. The minimum atomic E-state index is -4.88. The van der Waals surface area contributed by atoms with E-state index in [-0.39, 0.29) is 23.8 Å². The zero-order chi connectivity index (χ0) is 16.4. The van der Waals surface area contributed by atoms with Gasteiger partial charge in [0.15, 0.2) is 0 Å². The third-order valence-corrected chi connectivity index (χ3v) is 5.23. The molecule has 5 nitrogen and oxygen atoms in total. The molecule has 132 valence electrons. The van der Waals surface area contributed by atoms with E-state index in [4.69, 9.17) is 5.73 Å². The summed E-state index contributed by atoms with van der Waals surface area (Å²) in [6.45, 7) is 0.144. The van der Waals surface area contributed by atoms with Crippen LogP contribution in [0.1, 0.15) is 25.7 Å². The number of sulfonamides is 1. The van der Waals surface area contributed by atoms with Crippen LogP contribution < -0.4 is 15.2 Å². The average Bonchev–Trinajstić information content (AvgIpc) is 2.85. The predicted molar refractivity (Wildman–Crippen MR) is 80.9 cm³/mol. The first-order valence-corrected chi connectivity index (χ1v) is 8.24. The minimum absolute atomic E-state index is 0. The third-order valence-electron chi connectivity index (χ3n) is 3.65. The average molecular weight is 375 g/mol. The van der Waals surface area contributed by atoms with Crippen LogP contribution in [0.25, 0.3) is 0 Å². The molecule has 0 radical (unpaired) electrons. The fraction of sp³-hybridized carbons (Fsp3) is 0.538. The molecule has 1 aliphatic carbocycles. The van der Waals surface area contributed by atoms with Crippen molar-refractivity contribution in [1.29, 1.82) is 0 Å². The molecule has 0 amide bonds. The van der Waals surface area contributed by atoms with Crippen LogP contribution in [-0.2, 0) is 10.0 Å². The summed E-state index contributed by atoms with van der Waals surface area (Å²) in [6.07, 6.45) is -1.93. The quantitative estimate of drug-likeness (QED) is 0.830. The molecular weight excluding hydrogens is 357 g/mol. The monoisotopic (exact) mass is 374 g/mol. The lowest BCUT2D eigenvalue weighted by molar-refractivity contribution is -0.274. The maximum atomic E-state index is 12.4. The van der Waals surface area contributed by atoms with Crippen molar-refractivity contribution >= 4 is 22.4 Å². The Morgan fingerprint density at radius 2 is 1.87 bits per heavy atom. The Labute approximate surface area is 138 Å². The van der Waals surface area contributed by atoms with E-state index in [1.54, 1.807) is 0 Å². The third kappa shape index (κ3) is 5.23. The number of rotatable bonds is 5. The van der Waals surface area contributed by atoms with Gasteiger partial charge in [-0.1, -0.05) is 18.9 Å². The highest BCUT2D eigenvalue weighted by Gasteiger charge is 2.37. The summed E-state index contributed by atoms with van der Waals surface area (Å²) < 4.78 is 67.6. The summed E-state index contributed by atoms with van der Waals surface area (Å²) >= 11 is 0. The highest BCUT2D eigenvalue weighted by Crippen LogP contribution is 2.31. The van der Waals surface area contributed by atoms with E-state index in [9.17, 15) is 21.6 Å². The highest BCUT2D eigenvalue weighted by molar-refractivity contribution is 7.89. The Bertz CT molecular complexity index is 632. The Hall–Kier alpha value is -1.03. The Kier molecular flexibility index (Phi) is 6.31. The van der Waals surface area contributed by atoms with Crippen molar-refractivity contribution in [1.82, 2.24) is 4.72 Å². The standard InChI is InChI=1S/C13H17F3N2O3S.ClH/c14-13(15,16)21-10-4-3-5-11(8-10)22(19,20)18-12(9-17)6-1-2-7-12;/h3-5,8,18H,1-2,6-7,9,17H2;1H. The summed E-state index contributed by atoms with van der Waals surface area (Å²) in [7, 11) is -3.97. The lowest BCUT2D eigenvalue weighted by Gasteiger charge is -2.28. The first kappa shape index (κ1) is 20.0. The number of alkyl halides is 3. The molecule has 0 spiro atoms. The molecular formula is C13H18ClF3N2O3S. The Morgan fingerprint density at radius 3 is 2.39 bits per heavy atom. The maximum absolute atomic E-state index is 12.4. The van der Waals surface area contributed by atoms with Gasteiger partial charge in [0, 0.05) is 18.2 Å². The van der Waals surface area contributed by atoms with Gasteiger partial charge in [-0.25, -0.2) is 13.1 Å². The topological polar surface area (TPSA) is 81.4 Å². The number of halogens is 4. The van der Waals surface area contributed by atoms with Crippen LogP contribution in [0.5, 0.6) is 5.75 Å². The van der Waals surface area contributed by atoms with E-state index in [1.165, 1.54) is 12.1 Å². The van der Waals surface area contributed by atoms with Gasteiger partial charge in [0.25, 0.3) is 0 Å². The zero-order valence-electron chi connectivity index (χ0n) is 12.1. The van der Waals surface area contributed by atoms with Crippen molar-refractivity contribution in [2.75, 3.05) is 6.54 Å². The molecule has 1 aromatic rings. The van der Waals surface area contributed by atoms with Gasteiger partial charge in [0.2, 0.25) is 10.0 Å². The maximum Gasteiger partial charge on any atom is 0.573 e. The molecule has 0 heterocycles. The number of hydrogen-bond donors (Lipinski definition) is 2. The largest absolute Gasteiger partial charge is 0.573 e. The van der Waals surface area contributed by atoms with Gasteiger partial charge >= 0.3 is 6.36 Å². The second-order valence-electron chi connectivity index (χ2n) is 5.32. The molecule has 0 atom stereocenters. The van der Waals surface area contributed by atoms with Crippen molar-refractivity contribution in [3.63, 3.8) is 0 Å². The lowest BCUT2D eigenvalue weighted by atomic mass is 10.0. The molecule has 0 aliphatic heterocycles. The Morgan fingerprint density at radius 1 is 1.26 bits per heavy atom. The van der Waals surface area contributed by atoms with Crippen LogP contribution in [0.15, 0.2) is 29.2 Å². The fourth-order valence-electron chi connectivity index (χ4n) is 2.58. The van der Waals surface area contributed by atoms with Crippen LogP contribution in [0.3, 0.4) is 0 Å². The summed E-state index contributed by atoms with van der Waals surface area (Å²) in [5.41, 5.74) is 4.94. The van der Waals surface area contributed by atoms with Gasteiger partial charge in [-0.2, -0.15) is 0 Å². The molecule has 0 bridgehead atoms. The van der Waals surface area contributed by atoms with Gasteiger partial charge in [0.05, 0.1) is 4.90 Å². The van der Waals surface area contributed by atoms with Crippen LogP contribution in [0.2, 0.25) is 0 Å². The molecule has 2 rings (SSSR count). The van der Waals surface area contributed by atoms with Crippen molar-refractivity contribution in [3.05, 3.63) is 24.3 Å². The number of ether oxygens (including phenoxy) is 1. The van der Waals surface area contributed by atoms with E-state index >= 15 is 0 Å². The van der Waals surface area contributed by atoms with Crippen LogP contribution >= 0.6 is 12.4 Å². The SMILES string of the molecule is Cl.NCC1(NS(=O)(=O)c2cccc(OC(F)(F)F)c2)CCCC1. The van der Waals surface area contributed by atoms with Gasteiger partial charge in [-0.05, 0) is 25.0 Å². The molecule has 0 unspecified atom stereocenters. The summed E-state index contributed by atoms with van der Waals surface area (Å²) in [5.74, 6) is -0.580. The minimum Gasteiger partial charge on any atom is -0.406 e. The highest BCUT2D eigenvalue weighted by atomic mass is 35.5. The molecule has 23 heavy (non-hydrogen) atoms. The van der Waals surface area contributed by atoms with Gasteiger partial charge < -0.3 is 10.5 Å². The van der Waals surface area contributed by atoms with Crippen molar-refractivity contribution < 1.29 is 26.3 Å². The van der Waals surface area contributed by atoms with E-state index in [1.807, 2.05) is 0 Å². The van der Waals surface area contributed by atoms with E-state index < -0.39 is 27.7 Å². The molecule has 1 aromatic carbocycles. The first-order chi connectivity index (χ1) is 10.2. The number of nitrogens with one attached hydrogen (secondary N) is 1. The van der Waals surface area contributed by atoms with Crippen LogP contribution in [0, 0.1) is 0 Å². The molecule has 1 fully saturated rings. The predicted octanol–water partition coefficient (Wildman–Crippen LogP) is 2.56. The fourth-order valence-corrected chi connectivity index (χ4v) is 4.09. The number of benzene rings is 1. The van der Waals surface area contributed by atoms with Gasteiger partial charge in [-0.15, -0.1) is 25.6 Å². The van der Waals surface area contributed by atoms with Gasteiger partial charge in [0.1, 0.15) is 5.75 Å². The summed E-state index contributed by atoms with van der Waals surface area (Å²) in [4.78, 5) is -0.283. The lowest BCUT2D eigenvalue weighted by Crippen LogP contribution is -2.51. The molecule has 1 saturated carbocycles. The van der Waals surface area contributed by atoms with E-state index in [0.717, 1.165) is 25.0 Å². The zero-order valence-corrected chi connectivity index (χ0v) is 13.7. The molecule has 10 heteroatoms. The summed E-state index contributed by atoms with van der Waals surface area (Å²) in [6, 6.07) is 4.29. The summed E-state index contributed by atoms with van der Waals surface area (Å²) in [5, 5.41) is 0. The molecule has 0 aromatic heterocycles. The first-order valence-electron chi connectivity index (χ1n) is 6.76. The second kappa shape index (κ2) is 7.25. The Balaban J connectivity index is 0.00000264. The van der Waals surface area contributed by atoms with Crippen LogP contribution in [0.4, 0.5) is 13.2 Å². The van der Waals surface area contributed by atoms with E-state index in [0.29, 0.717) is 12.8 Å². The number of nitrogens with two attached hydrogens (primary N) is 1.